The van der Waals surface area contributed by atoms with E-state index in [4.69, 9.17) is 4.55 Å². The molecule has 1 unspecified atom stereocenters. The van der Waals surface area contributed by atoms with Crippen molar-refractivity contribution in [2.75, 3.05) is 5.75 Å². The van der Waals surface area contributed by atoms with Crippen LogP contribution in [-0.4, -0.2) is 19.5 Å². The fourth-order valence-electron chi connectivity index (χ4n) is 0.746. The lowest BCUT2D eigenvalue weighted by molar-refractivity contribution is 0.564. The van der Waals surface area contributed by atoms with Gasteiger partial charge in [-0.3, -0.25) is 0 Å². The van der Waals surface area contributed by atoms with Crippen LogP contribution in [0.5, 0.6) is 0 Å². The third-order valence-corrected chi connectivity index (χ3v) is 2.90. The maximum absolute atomic E-state index is 10.3. The van der Waals surface area contributed by atoms with Crippen LogP contribution in [0.2, 0.25) is 0 Å². The Morgan fingerprint density at radius 1 is 1.82 bits per heavy atom. The van der Waals surface area contributed by atoms with Crippen LogP contribution in [0.4, 0.5) is 0 Å². The van der Waals surface area contributed by atoms with E-state index in [2.05, 4.69) is 4.98 Å². The lowest BCUT2D eigenvalue weighted by Gasteiger charge is -1.93. The van der Waals surface area contributed by atoms with Gasteiger partial charge in [0.25, 0.3) is 0 Å². The molecule has 0 fully saturated rings. The summed E-state index contributed by atoms with van der Waals surface area (Å²) in [5.74, 6) is 0.309. The molecule has 0 aliphatic rings. The van der Waals surface area contributed by atoms with Crippen LogP contribution in [-0.2, 0) is 17.5 Å². The van der Waals surface area contributed by atoms with Gasteiger partial charge < -0.3 is 4.55 Å². The van der Waals surface area contributed by atoms with E-state index in [1.807, 2.05) is 6.92 Å². The summed E-state index contributed by atoms with van der Waals surface area (Å²) in [5, 5.41) is 0. The van der Waals surface area contributed by atoms with Crippen LogP contribution < -0.4 is 0 Å². The van der Waals surface area contributed by atoms with E-state index < -0.39 is 11.1 Å². The van der Waals surface area contributed by atoms with Crippen LogP contribution >= 0.6 is 11.3 Å². The number of aromatic nitrogens is 1. The second kappa shape index (κ2) is 3.94. The average Bonchev–Trinajstić information content (AvgIpc) is 2.31. The van der Waals surface area contributed by atoms with Gasteiger partial charge in [0.05, 0.1) is 17.0 Å². The van der Waals surface area contributed by atoms with Crippen LogP contribution in [0.3, 0.4) is 0 Å². The number of rotatable bonds is 3. The van der Waals surface area contributed by atoms with Gasteiger partial charge in [-0.2, -0.15) is 0 Å². The molecule has 1 aromatic rings. The minimum atomic E-state index is -1.68. The first-order chi connectivity index (χ1) is 5.20. The largest absolute Gasteiger partial charge is 0.306 e. The van der Waals surface area contributed by atoms with Crippen molar-refractivity contribution >= 4 is 22.4 Å². The SMILES string of the molecule is Cc1ncsc1CCS(=O)O. The molecule has 0 aromatic carbocycles. The molecule has 0 spiro atoms. The number of thiazole rings is 1. The lowest BCUT2D eigenvalue weighted by atomic mass is 10.3. The van der Waals surface area contributed by atoms with E-state index in [1.54, 1.807) is 5.51 Å². The van der Waals surface area contributed by atoms with E-state index in [9.17, 15) is 4.21 Å². The highest BCUT2D eigenvalue weighted by atomic mass is 32.2. The normalized spacial score (nSPS) is 13.3. The lowest BCUT2D eigenvalue weighted by Crippen LogP contribution is -1.98. The minimum absolute atomic E-state index is 0.309. The minimum Gasteiger partial charge on any atom is -0.306 e. The Morgan fingerprint density at radius 3 is 3.00 bits per heavy atom. The van der Waals surface area contributed by atoms with Crippen molar-refractivity contribution < 1.29 is 8.76 Å². The van der Waals surface area contributed by atoms with Gasteiger partial charge in [-0.1, -0.05) is 0 Å². The molecule has 0 saturated heterocycles. The fourth-order valence-corrected chi connectivity index (χ4v) is 2.04. The van der Waals surface area contributed by atoms with Crippen molar-refractivity contribution in [2.45, 2.75) is 13.3 Å². The first kappa shape index (κ1) is 8.83. The number of hydrogen-bond donors (Lipinski definition) is 1. The maximum Gasteiger partial charge on any atom is 0.153 e. The second-order valence-corrected chi connectivity index (χ2v) is 4.13. The number of nitrogens with zero attached hydrogens (tertiary/aromatic N) is 1. The molecule has 3 nitrogen and oxygen atoms in total. The van der Waals surface area contributed by atoms with E-state index in [0.29, 0.717) is 12.2 Å². The standard InChI is InChI=1S/C6H9NO2S2/c1-5-6(10-4-7-5)2-3-11(8)9/h4H,2-3H2,1H3,(H,8,9). The highest BCUT2D eigenvalue weighted by Gasteiger charge is 2.02. The Hall–Kier alpha value is -0.260. The maximum atomic E-state index is 10.3. The molecule has 0 bridgehead atoms. The topological polar surface area (TPSA) is 50.2 Å². The molecule has 1 N–H and O–H groups in total. The zero-order valence-corrected chi connectivity index (χ0v) is 7.74. The molecule has 0 amide bonds. The number of aryl methyl sites for hydroxylation is 2. The van der Waals surface area contributed by atoms with Gasteiger partial charge in [-0.05, 0) is 13.3 Å². The van der Waals surface area contributed by atoms with Crippen molar-refractivity contribution in [3.63, 3.8) is 0 Å². The fraction of sp³-hybridized carbons (Fsp3) is 0.500. The van der Waals surface area contributed by atoms with Crippen LogP contribution in [0.1, 0.15) is 10.6 Å². The van der Waals surface area contributed by atoms with Crippen LogP contribution in [0.15, 0.2) is 5.51 Å². The van der Waals surface area contributed by atoms with Gasteiger partial charge in [0.2, 0.25) is 0 Å². The highest BCUT2D eigenvalue weighted by molar-refractivity contribution is 7.79. The first-order valence-electron chi connectivity index (χ1n) is 3.16. The van der Waals surface area contributed by atoms with Crippen molar-refractivity contribution in [1.82, 2.24) is 4.98 Å². The predicted octanol–water partition coefficient (Wildman–Crippen LogP) is 1.22. The Bertz CT molecular complexity index is 259. The zero-order chi connectivity index (χ0) is 8.27. The molecule has 0 radical (unpaired) electrons. The van der Waals surface area contributed by atoms with Crippen molar-refractivity contribution in [1.29, 1.82) is 0 Å². The molecule has 1 heterocycles. The summed E-state index contributed by atoms with van der Waals surface area (Å²) in [7, 11) is 0. The van der Waals surface area contributed by atoms with Gasteiger partial charge in [0.1, 0.15) is 0 Å². The van der Waals surface area contributed by atoms with Gasteiger partial charge >= 0.3 is 0 Å². The van der Waals surface area contributed by atoms with Crippen molar-refractivity contribution in [2.24, 2.45) is 0 Å². The monoisotopic (exact) mass is 191 g/mol. The van der Waals surface area contributed by atoms with Crippen molar-refractivity contribution in [3.8, 4) is 0 Å². The number of hydrogen-bond acceptors (Lipinski definition) is 3. The molecule has 0 aliphatic carbocycles. The summed E-state index contributed by atoms with van der Waals surface area (Å²) in [6.07, 6.45) is 0.652. The zero-order valence-electron chi connectivity index (χ0n) is 6.11. The van der Waals surface area contributed by atoms with Crippen molar-refractivity contribution in [3.05, 3.63) is 16.1 Å². The smallest absolute Gasteiger partial charge is 0.153 e. The molecular formula is C6H9NO2S2. The summed E-state index contributed by atoms with van der Waals surface area (Å²) in [6.45, 7) is 1.91. The van der Waals surface area contributed by atoms with Crippen LogP contribution in [0, 0.1) is 6.92 Å². The molecule has 62 valence electrons. The Labute approximate surface area is 71.8 Å². The molecule has 1 atom stereocenters. The molecule has 1 rings (SSSR count). The summed E-state index contributed by atoms with van der Waals surface area (Å²) < 4.78 is 18.8. The van der Waals surface area contributed by atoms with Gasteiger partial charge in [0, 0.05) is 4.88 Å². The average molecular weight is 191 g/mol. The van der Waals surface area contributed by atoms with E-state index in [1.165, 1.54) is 11.3 Å². The molecule has 1 aromatic heterocycles. The second-order valence-electron chi connectivity index (χ2n) is 2.14. The highest BCUT2D eigenvalue weighted by Crippen LogP contribution is 2.12. The summed E-state index contributed by atoms with van der Waals surface area (Å²) >= 11 is -0.145. The summed E-state index contributed by atoms with van der Waals surface area (Å²) in [4.78, 5) is 5.14. The van der Waals surface area contributed by atoms with Gasteiger partial charge in [0.15, 0.2) is 11.1 Å². The Morgan fingerprint density at radius 2 is 2.55 bits per heavy atom. The van der Waals surface area contributed by atoms with Crippen LogP contribution in [0.25, 0.3) is 0 Å². The van der Waals surface area contributed by atoms with E-state index >= 15 is 0 Å². The Balaban J connectivity index is 2.51. The first-order valence-corrected chi connectivity index (χ1v) is 5.32. The third-order valence-electron chi connectivity index (χ3n) is 1.35. The predicted molar refractivity (Wildman–Crippen MR) is 46.2 cm³/mol. The third kappa shape index (κ3) is 2.69. The van der Waals surface area contributed by atoms with E-state index in [-0.39, 0.29) is 0 Å². The quantitative estimate of drug-likeness (QED) is 0.731. The molecule has 5 heteroatoms. The van der Waals surface area contributed by atoms with Gasteiger partial charge in [-0.15, -0.1) is 11.3 Å². The van der Waals surface area contributed by atoms with E-state index in [0.717, 1.165) is 10.6 Å². The molecule has 0 aliphatic heterocycles. The molecule has 0 saturated carbocycles. The summed E-state index contributed by atoms with van der Waals surface area (Å²) in [6, 6.07) is 0. The molecule has 11 heavy (non-hydrogen) atoms. The Kier molecular flexibility index (Phi) is 3.16. The van der Waals surface area contributed by atoms with Gasteiger partial charge in [-0.25, -0.2) is 9.19 Å². The molecular weight excluding hydrogens is 182 g/mol. The summed E-state index contributed by atoms with van der Waals surface area (Å²) in [5.41, 5.74) is 2.73.